The Labute approximate surface area is 87.9 Å². The highest BCUT2D eigenvalue weighted by Gasteiger charge is 2.00. The van der Waals surface area contributed by atoms with E-state index in [2.05, 4.69) is 26.0 Å². The summed E-state index contributed by atoms with van der Waals surface area (Å²) in [7, 11) is 0. The van der Waals surface area contributed by atoms with Gasteiger partial charge in [-0.15, -0.1) is 0 Å². The molecule has 1 rings (SSSR count). The summed E-state index contributed by atoms with van der Waals surface area (Å²) in [5.41, 5.74) is 1.37. The van der Waals surface area contributed by atoms with E-state index in [1.807, 2.05) is 12.1 Å². The van der Waals surface area contributed by atoms with Crippen LogP contribution in [0.15, 0.2) is 24.3 Å². The Kier molecular flexibility index (Phi) is 8.04. The summed E-state index contributed by atoms with van der Waals surface area (Å²) in [6.45, 7) is 4.42. The van der Waals surface area contributed by atoms with Crippen LogP contribution in [0.1, 0.15) is 46.6 Å². The van der Waals surface area contributed by atoms with Crippen LogP contribution in [0.5, 0.6) is 0 Å². The van der Waals surface area contributed by atoms with E-state index < -0.39 is 0 Å². The van der Waals surface area contributed by atoms with Crippen LogP contribution in [0.2, 0.25) is 5.02 Å². The van der Waals surface area contributed by atoms with Gasteiger partial charge in [-0.2, -0.15) is 0 Å². The van der Waals surface area contributed by atoms with Crippen LogP contribution in [-0.2, 0) is 0 Å². The van der Waals surface area contributed by atoms with Crippen LogP contribution >= 0.6 is 11.6 Å². The first-order valence-electron chi connectivity index (χ1n) is 3.99. The van der Waals surface area contributed by atoms with Crippen molar-refractivity contribution in [2.75, 3.05) is 0 Å². The Hall–Kier alpha value is -0.490. The van der Waals surface area contributed by atoms with E-state index in [4.69, 9.17) is 11.6 Å². The van der Waals surface area contributed by atoms with Crippen molar-refractivity contribution in [3.63, 3.8) is 0 Å². The second-order valence-corrected chi connectivity index (χ2v) is 3.30. The Morgan fingerprint density at radius 3 is 2.00 bits per heavy atom. The molecule has 0 spiro atoms. The van der Waals surface area contributed by atoms with E-state index in [0.717, 1.165) is 5.02 Å². The molecule has 0 N–H and O–H groups in total. The maximum atomic E-state index is 5.76. The molecule has 13 heavy (non-hydrogen) atoms. The summed E-state index contributed by atoms with van der Waals surface area (Å²) >= 11 is 5.76. The van der Waals surface area contributed by atoms with Crippen molar-refractivity contribution in [3.8, 4) is 0 Å². The van der Waals surface area contributed by atoms with Crippen molar-refractivity contribution in [1.29, 1.82) is 0 Å². The molecule has 1 unspecified atom stereocenters. The topological polar surface area (TPSA) is 0 Å². The molecule has 1 aromatic carbocycles. The largest absolute Gasteiger partial charge is 0.0843 e. The fourth-order valence-electron chi connectivity index (χ4n) is 1.03. The van der Waals surface area contributed by atoms with Gasteiger partial charge in [-0.05, 0) is 30.0 Å². The first kappa shape index (κ1) is 15.0. The standard InChI is InChI=1S/C10H13Cl.2CH4/c1-3-8(2)9-4-6-10(11)7-5-9;;/h4-8H,3H2,1-2H3;2*1H4. The summed E-state index contributed by atoms with van der Waals surface area (Å²) in [6, 6.07) is 8.08. The summed E-state index contributed by atoms with van der Waals surface area (Å²) in [5, 5.41) is 0.817. The van der Waals surface area contributed by atoms with Crippen LogP contribution in [0.3, 0.4) is 0 Å². The second-order valence-electron chi connectivity index (χ2n) is 2.86. The molecule has 76 valence electrons. The van der Waals surface area contributed by atoms with Crippen LogP contribution in [-0.4, -0.2) is 0 Å². The quantitative estimate of drug-likeness (QED) is 0.621. The molecule has 1 atom stereocenters. The molecule has 0 saturated carbocycles. The minimum Gasteiger partial charge on any atom is -0.0843 e. The molecule has 0 bridgehead atoms. The highest BCUT2D eigenvalue weighted by Crippen LogP contribution is 2.20. The molecular weight excluding hydrogens is 180 g/mol. The molecule has 0 aromatic heterocycles. The fraction of sp³-hybridized carbons (Fsp3) is 0.500. The Morgan fingerprint density at radius 1 is 1.15 bits per heavy atom. The van der Waals surface area contributed by atoms with Crippen LogP contribution in [0.4, 0.5) is 0 Å². The first-order valence-corrected chi connectivity index (χ1v) is 4.37. The van der Waals surface area contributed by atoms with Gasteiger partial charge in [-0.25, -0.2) is 0 Å². The molecule has 0 aliphatic carbocycles. The molecule has 1 aromatic rings. The average Bonchev–Trinajstić information content (AvgIpc) is 2.05. The number of rotatable bonds is 2. The van der Waals surface area contributed by atoms with Gasteiger partial charge in [0.25, 0.3) is 0 Å². The van der Waals surface area contributed by atoms with Gasteiger partial charge in [0, 0.05) is 5.02 Å². The predicted molar refractivity (Wildman–Crippen MR) is 63.6 cm³/mol. The molecule has 0 aliphatic heterocycles. The Balaban J connectivity index is 0. The van der Waals surface area contributed by atoms with E-state index in [0.29, 0.717) is 5.92 Å². The molecular formula is C12H21Cl. The normalized spacial score (nSPS) is 11.0. The first-order chi connectivity index (χ1) is 5.24. The maximum Gasteiger partial charge on any atom is 0.0406 e. The van der Waals surface area contributed by atoms with Gasteiger partial charge in [-0.3, -0.25) is 0 Å². The van der Waals surface area contributed by atoms with Crippen molar-refractivity contribution in [3.05, 3.63) is 34.9 Å². The van der Waals surface area contributed by atoms with E-state index in [-0.39, 0.29) is 14.9 Å². The zero-order valence-electron chi connectivity index (χ0n) is 6.97. The number of hydrogen-bond acceptors (Lipinski definition) is 0. The van der Waals surface area contributed by atoms with Crippen molar-refractivity contribution < 1.29 is 0 Å². The average molecular weight is 201 g/mol. The summed E-state index contributed by atoms with van der Waals surface area (Å²) in [6.07, 6.45) is 1.18. The molecule has 0 fully saturated rings. The second kappa shape index (κ2) is 6.97. The van der Waals surface area contributed by atoms with Crippen LogP contribution in [0, 0.1) is 0 Å². The van der Waals surface area contributed by atoms with E-state index in [1.165, 1.54) is 12.0 Å². The lowest BCUT2D eigenvalue weighted by atomic mass is 9.99. The smallest absolute Gasteiger partial charge is 0.0406 e. The molecule has 0 aliphatic rings. The number of halogens is 1. The number of benzene rings is 1. The minimum atomic E-state index is 0. The molecule has 0 saturated heterocycles. The van der Waals surface area contributed by atoms with Gasteiger partial charge in [0.2, 0.25) is 0 Å². The monoisotopic (exact) mass is 200 g/mol. The highest BCUT2D eigenvalue weighted by atomic mass is 35.5. The SMILES string of the molecule is C.C.CCC(C)c1ccc(Cl)cc1. The third-order valence-electron chi connectivity index (χ3n) is 2.05. The van der Waals surface area contributed by atoms with Crippen molar-refractivity contribution in [2.45, 2.75) is 41.0 Å². The molecule has 0 amide bonds. The van der Waals surface area contributed by atoms with Gasteiger partial charge >= 0.3 is 0 Å². The van der Waals surface area contributed by atoms with Gasteiger partial charge in [0.05, 0.1) is 0 Å². The van der Waals surface area contributed by atoms with E-state index in [1.54, 1.807) is 0 Å². The van der Waals surface area contributed by atoms with Gasteiger partial charge in [-0.1, -0.05) is 52.4 Å². The van der Waals surface area contributed by atoms with Crippen molar-refractivity contribution >= 4 is 11.6 Å². The molecule has 1 heteroatoms. The van der Waals surface area contributed by atoms with Gasteiger partial charge in [0.15, 0.2) is 0 Å². The van der Waals surface area contributed by atoms with Crippen molar-refractivity contribution in [1.82, 2.24) is 0 Å². The molecule has 0 radical (unpaired) electrons. The Bertz CT molecular complexity index is 213. The Morgan fingerprint density at radius 2 is 1.62 bits per heavy atom. The molecule has 0 heterocycles. The zero-order valence-corrected chi connectivity index (χ0v) is 7.73. The zero-order chi connectivity index (χ0) is 8.27. The maximum absolute atomic E-state index is 5.76. The molecule has 0 nitrogen and oxygen atoms in total. The third kappa shape index (κ3) is 4.33. The van der Waals surface area contributed by atoms with E-state index in [9.17, 15) is 0 Å². The fourth-order valence-corrected chi connectivity index (χ4v) is 1.15. The van der Waals surface area contributed by atoms with Gasteiger partial charge < -0.3 is 0 Å². The summed E-state index contributed by atoms with van der Waals surface area (Å²) in [4.78, 5) is 0. The minimum absolute atomic E-state index is 0. The lowest BCUT2D eigenvalue weighted by molar-refractivity contribution is 0.734. The number of hydrogen-bond donors (Lipinski definition) is 0. The predicted octanol–water partition coefficient (Wildman–Crippen LogP) is 5.13. The lowest BCUT2D eigenvalue weighted by Gasteiger charge is -2.07. The lowest BCUT2D eigenvalue weighted by Crippen LogP contribution is -1.89. The van der Waals surface area contributed by atoms with Crippen LogP contribution < -0.4 is 0 Å². The van der Waals surface area contributed by atoms with Crippen molar-refractivity contribution in [2.24, 2.45) is 0 Å². The van der Waals surface area contributed by atoms with E-state index >= 15 is 0 Å². The highest BCUT2D eigenvalue weighted by molar-refractivity contribution is 6.30. The third-order valence-corrected chi connectivity index (χ3v) is 2.30. The summed E-state index contributed by atoms with van der Waals surface area (Å²) in [5.74, 6) is 0.646. The summed E-state index contributed by atoms with van der Waals surface area (Å²) < 4.78 is 0. The van der Waals surface area contributed by atoms with Crippen LogP contribution in [0.25, 0.3) is 0 Å². The van der Waals surface area contributed by atoms with Gasteiger partial charge in [0.1, 0.15) is 0 Å².